The maximum atomic E-state index is 12.1. The third-order valence-corrected chi connectivity index (χ3v) is 4.06. The third kappa shape index (κ3) is 4.61. The van der Waals surface area contributed by atoms with E-state index in [4.69, 9.17) is 16.3 Å². The summed E-state index contributed by atoms with van der Waals surface area (Å²) in [5, 5.41) is 3.40. The Morgan fingerprint density at radius 1 is 1.29 bits per heavy atom. The van der Waals surface area contributed by atoms with Crippen molar-refractivity contribution in [3.05, 3.63) is 62.2 Å². The fraction of sp³-hybridized carbons (Fsp3) is 0.188. The number of hydrogen-bond acceptors (Lipinski definition) is 2. The minimum absolute atomic E-state index is 0.0952. The number of amides is 1. The normalized spacial score (nSPS) is 10.2. The molecule has 1 amide bonds. The summed E-state index contributed by atoms with van der Waals surface area (Å²) < 4.78 is 6.47. The van der Waals surface area contributed by atoms with Crippen molar-refractivity contribution >= 4 is 40.1 Å². The van der Waals surface area contributed by atoms with Gasteiger partial charge in [-0.3, -0.25) is 4.79 Å². The molecule has 3 nitrogen and oxygen atoms in total. The summed E-state index contributed by atoms with van der Waals surface area (Å²) in [4.78, 5) is 12.1. The van der Waals surface area contributed by atoms with E-state index in [2.05, 4.69) is 27.9 Å². The smallest absolute Gasteiger partial charge is 0.252 e. The van der Waals surface area contributed by atoms with Crippen LogP contribution < -0.4 is 10.1 Å². The number of carbonyl (C=O) groups is 1. The van der Waals surface area contributed by atoms with Crippen molar-refractivity contribution in [3.63, 3.8) is 0 Å². The van der Waals surface area contributed by atoms with Gasteiger partial charge < -0.3 is 10.1 Å². The topological polar surface area (TPSA) is 38.3 Å². The van der Waals surface area contributed by atoms with Crippen LogP contribution in [0, 0.1) is 10.5 Å². The second-order valence-electron chi connectivity index (χ2n) is 4.52. The standard InChI is InChI=1S/C16H15ClINO2/c1-11-6-7-12(14(18)10-11)16(20)19-8-9-21-15-5-3-2-4-13(15)17/h2-7,10H,8-9H2,1H3,(H,19,20). The monoisotopic (exact) mass is 415 g/mol. The number of rotatable bonds is 5. The summed E-state index contributed by atoms with van der Waals surface area (Å²) >= 11 is 8.15. The average molecular weight is 416 g/mol. The highest BCUT2D eigenvalue weighted by Gasteiger charge is 2.09. The molecular weight excluding hydrogens is 401 g/mol. The van der Waals surface area contributed by atoms with Crippen LogP contribution in [0.4, 0.5) is 0 Å². The maximum absolute atomic E-state index is 12.1. The van der Waals surface area contributed by atoms with Gasteiger partial charge in [0.1, 0.15) is 12.4 Å². The Labute approximate surface area is 142 Å². The lowest BCUT2D eigenvalue weighted by Crippen LogP contribution is -2.28. The van der Waals surface area contributed by atoms with Gasteiger partial charge >= 0.3 is 0 Å². The molecule has 0 aliphatic carbocycles. The van der Waals surface area contributed by atoms with Gasteiger partial charge in [-0.1, -0.05) is 35.4 Å². The van der Waals surface area contributed by atoms with E-state index in [1.165, 1.54) is 0 Å². The van der Waals surface area contributed by atoms with Crippen LogP contribution in [0.3, 0.4) is 0 Å². The number of para-hydroxylation sites is 1. The predicted molar refractivity (Wildman–Crippen MR) is 93.2 cm³/mol. The molecule has 0 fully saturated rings. The fourth-order valence-corrected chi connectivity index (χ4v) is 2.89. The number of benzene rings is 2. The molecule has 2 rings (SSSR count). The summed E-state index contributed by atoms with van der Waals surface area (Å²) in [5.41, 5.74) is 1.82. The van der Waals surface area contributed by atoms with Gasteiger partial charge in [0.15, 0.2) is 0 Å². The second-order valence-corrected chi connectivity index (χ2v) is 6.09. The Kier molecular flexibility index (Phi) is 5.87. The minimum atomic E-state index is -0.0952. The van der Waals surface area contributed by atoms with Crippen LogP contribution in [0.2, 0.25) is 5.02 Å². The highest BCUT2D eigenvalue weighted by Crippen LogP contribution is 2.22. The lowest BCUT2D eigenvalue weighted by atomic mass is 10.1. The van der Waals surface area contributed by atoms with Crippen LogP contribution in [-0.2, 0) is 0 Å². The molecule has 0 aliphatic rings. The highest BCUT2D eigenvalue weighted by molar-refractivity contribution is 14.1. The third-order valence-electron chi connectivity index (χ3n) is 2.85. The number of hydrogen-bond donors (Lipinski definition) is 1. The first-order chi connectivity index (χ1) is 10.1. The molecule has 0 heterocycles. The van der Waals surface area contributed by atoms with Gasteiger partial charge in [-0.05, 0) is 53.8 Å². The van der Waals surface area contributed by atoms with Crippen LogP contribution in [0.5, 0.6) is 5.75 Å². The zero-order valence-electron chi connectivity index (χ0n) is 11.5. The number of nitrogens with one attached hydrogen (secondary N) is 1. The molecule has 110 valence electrons. The molecule has 0 unspecified atom stereocenters. The lowest BCUT2D eigenvalue weighted by molar-refractivity contribution is 0.0946. The molecular formula is C16H15ClINO2. The molecule has 5 heteroatoms. The molecule has 21 heavy (non-hydrogen) atoms. The van der Waals surface area contributed by atoms with Crippen molar-refractivity contribution in [2.75, 3.05) is 13.2 Å². The Morgan fingerprint density at radius 2 is 2.05 bits per heavy atom. The molecule has 0 saturated carbocycles. The SMILES string of the molecule is Cc1ccc(C(=O)NCCOc2ccccc2Cl)c(I)c1. The van der Waals surface area contributed by atoms with E-state index >= 15 is 0 Å². The van der Waals surface area contributed by atoms with Crippen molar-refractivity contribution in [3.8, 4) is 5.75 Å². The quantitative estimate of drug-likeness (QED) is 0.591. The second kappa shape index (κ2) is 7.66. The van der Waals surface area contributed by atoms with E-state index in [1.807, 2.05) is 37.3 Å². The van der Waals surface area contributed by atoms with E-state index < -0.39 is 0 Å². The van der Waals surface area contributed by atoms with Gasteiger partial charge in [0.25, 0.3) is 5.91 Å². The van der Waals surface area contributed by atoms with Gasteiger partial charge in [-0.25, -0.2) is 0 Å². The van der Waals surface area contributed by atoms with Gasteiger partial charge in [0, 0.05) is 3.57 Å². The van der Waals surface area contributed by atoms with Crippen molar-refractivity contribution < 1.29 is 9.53 Å². The highest BCUT2D eigenvalue weighted by atomic mass is 127. The van der Waals surface area contributed by atoms with Crippen LogP contribution in [-0.4, -0.2) is 19.1 Å². The maximum Gasteiger partial charge on any atom is 0.252 e. The first kappa shape index (κ1) is 16.1. The predicted octanol–water partition coefficient (Wildman–Crippen LogP) is 4.06. The Bertz CT molecular complexity index is 646. The Hall–Kier alpha value is -1.27. The van der Waals surface area contributed by atoms with Crippen molar-refractivity contribution in [1.82, 2.24) is 5.32 Å². The molecule has 0 aromatic heterocycles. The van der Waals surface area contributed by atoms with Gasteiger partial charge in [0.05, 0.1) is 17.1 Å². The molecule has 0 atom stereocenters. The van der Waals surface area contributed by atoms with E-state index in [-0.39, 0.29) is 5.91 Å². The molecule has 0 aliphatic heterocycles. The van der Waals surface area contributed by atoms with Gasteiger partial charge in [-0.15, -0.1) is 0 Å². The fourth-order valence-electron chi connectivity index (χ4n) is 1.79. The van der Waals surface area contributed by atoms with Crippen LogP contribution in [0.25, 0.3) is 0 Å². The van der Waals surface area contributed by atoms with E-state index in [0.717, 1.165) is 9.13 Å². The van der Waals surface area contributed by atoms with Gasteiger partial charge in [-0.2, -0.15) is 0 Å². The van der Waals surface area contributed by atoms with Crippen LogP contribution in [0.1, 0.15) is 15.9 Å². The largest absolute Gasteiger partial charge is 0.490 e. The first-order valence-electron chi connectivity index (χ1n) is 6.49. The molecule has 0 radical (unpaired) electrons. The van der Waals surface area contributed by atoms with Crippen LogP contribution >= 0.6 is 34.2 Å². The van der Waals surface area contributed by atoms with E-state index in [9.17, 15) is 4.79 Å². The minimum Gasteiger partial charge on any atom is -0.490 e. The zero-order chi connectivity index (χ0) is 15.2. The van der Waals surface area contributed by atoms with Crippen LogP contribution in [0.15, 0.2) is 42.5 Å². The Morgan fingerprint density at radius 3 is 2.76 bits per heavy atom. The number of carbonyl (C=O) groups excluding carboxylic acids is 1. The summed E-state index contributed by atoms with van der Waals surface area (Å²) in [7, 11) is 0. The zero-order valence-corrected chi connectivity index (χ0v) is 14.4. The molecule has 1 N–H and O–H groups in total. The Balaban J connectivity index is 1.83. The number of aryl methyl sites for hydroxylation is 1. The number of ether oxygens (including phenoxy) is 1. The van der Waals surface area contributed by atoms with E-state index in [0.29, 0.717) is 29.5 Å². The lowest BCUT2D eigenvalue weighted by Gasteiger charge is -2.10. The summed E-state index contributed by atoms with van der Waals surface area (Å²) in [6, 6.07) is 13.0. The molecule has 2 aromatic rings. The molecule has 2 aromatic carbocycles. The van der Waals surface area contributed by atoms with Gasteiger partial charge in [0.2, 0.25) is 0 Å². The van der Waals surface area contributed by atoms with Crippen molar-refractivity contribution in [1.29, 1.82) is 0 Å². The first-order valence-corrected chi connectivity index (χ1v) is 7.95. The van der Waals surface area contributed by atoms with Crippen molar-refractivity contribution in [2.24, 2.45) is 0 Å². The molecule has 0 saturated heterocycles. The number of halogens is 2. The van der Waals surface area contributed by atoms with Crippen molar-refractivity contribution in [2.45, 2.75) is 6.92 Å². The molecule has 0 spiro atoms. The molecule has 0 bridgehead atoms. The van der Waals surface area contributed by atoms with E-state index in [1.54, 1.807) is 12.1 Å². The summed E-state index contributed by atoms with van der Waals surface area (Å²) in [6.45, 7) is 2.80. The summed E-state index contributed by atoms with van der Waals surface area (Å²) in [6.07, 6.45) is 0. The average Bonchev–Trinajstić information content (AvgIpc) is 2.45. The summed E-state index contributed by atoms with van der Waals surface area (Å²) in [5.74, 6) is 0.528.